The lowest BCUT2D eigenvalue weighted by molar-refractivity contribution is 0.172. The Bertz CT molecular complexity index is 1110. The zero-order chi connectivity index (χ0) is 21.8. The van der Waals surface area contributed by atoms with E-state index in [1.807, 2.05) is 82.4 Å². The van der Waals surface area contributed by atoms with Gasteiger partial charge in [0.1, 0.15) is 0 Å². The van der Waals surface area contributed by atoms with Gasteiger partial charge in [0.05, 0.1) is 12.0 Å². The van der Waals surface area contributed by atoms with E-state index in [1.54, 1.807) is 11.3 Å². The molecule has 2 aromatic carbocycles. The minimum absolute atomic E-state index is 0.0429. The Kier molecular flexibility index (Phi) is 5.98. The Morgan fingerprint density at radius 3 is 2.41 bits per heavy atom. The topological polar surface area (TPSA) is 71.3 Å². The van der Waals surface area contributed by atoms with E-state index in [2.05, 4.69) is 15.5 Å². The molecular formula is C25H24N4O2S. The van der Waals surface area contributed by atoms with E-state index >= 15 is 0 Å². The molecule has 32 heavy (non-hydrogen) atoms. The quantitative estimate of drug-likeness (QED) is 0.443. The molecule has 1 aliphatic heterocycles. The maximum Gasteiger partial charge on any atom is 0.318 e. The van der Waals surface area contributed by atoms with Crippen LogP contribution in [0.3, 0.4) is 0 Å². The van der Waals surface area contributed by atoms with Crippen molar-refractivity contribution < 1.29 is 9.21 Å². The Morgan fingerprint density at radius 1 is 1.03 bits per heavy atom. The van der Waals surface area contributed by atoms with Gasteiger partial charge < -0.3 is 14.6 Å². The van der Waals surface area contributed by atoms with Gasteiger partial charge >= 0.3 is 6.03 Å². The van der Waals surface area contributed by atoms with Crippen LogP contribution in [0.2, 0.25) is 0 Å². The maximum absolute atomic E-state index is 13.3. The van der Waals surface area contributed by atoms with Crippen LogP contribution in [0, 0.1) is 0 Å². The summed E-state index contributed by atoms with van der Waals surface area (Å²) in [6, 6.07) is 21.8. The fourth-order valence-electron chi connectivity index (χ4n) is 4.13. The van der Waals surface area contributed by atoms with E-state index in [0.717, 1.165) is 29.5 Å². The Balaban J connectivity index is 1.31. The van der Waals surface area contributed by atoms with Gasteiger partial charge in [-0.25, -0.2) is 4.79 Å². The van der Waals surface area contributed by atoms with Crippen LogP contribution in [0.4, 0.5) is 4.79 Å². The number of aromatic nitrogens is 2. The lowest BCUT2D eigenvalue weighted by atomic mass is 9.97. The summed E-state index contributed by atoms with van der Waals surface area (Å²) in [5, 5.41) is 15.7. The van der Waals surface area contributed by atoms with Crippen molar-refractivity contribution >= 4 is 17.4 Å². The van der Waals surface area contributed by atoms with Crippen LogP contribution in [0.15, 0.2) is 81.9 Å². The van der Waals surface area contributed by atoms with Crippen LogP contribution in [0.5, 0.6) is 0 Å². The lowest BCUT2D eigenvalue weighted by Crippen LogP contribution is -2.46. The van der Waals surface area contributed by atoms with Gasteiger partial charge in [0.15, 0.2) is 0 Å². The minimum Gasteiger partial charge on any atom is -0.420 e. The Labute approximate surface area is 190 Å². The summed E-state index contributed by atoms with van der Waals surface area (Å²) >= 11 is 1.60. The molecule has 3 heterocycles. The van der Waals surface area contributed by atoms with Crippen LogP contribution in [0.25, 0.3) is 11.5 Å². The van der Waals surface area contributed by atoms with Crippen molar-refractivity contribution in [1.82, 2.24) is 20.4 Å². The average Bonchev–Trinajstić information content (AvgIpc) is 3.56. The van der Waals surface area contributed by atoms with Crippen LogP contribution in [-0.2, 0) is 0 Å². The summed E-state index contributed by atoms with van der Waals surface area (Å²) in [6.45, 7) is 1.28. The number of benzene rings is 2. The number of hydrogen-bond donors (Lipinski definition) is 1. The second kappa shape index (κ2) is 9.36. The Morgan fingerprint density at radius 2 is 1.75 bits per heavy atom. The second-order valence-corrected chi connectivity index (χ2v) is 8.73. The summed E-state index contributed by atoms with van der Waals surface area (Å²) in [5.41, 5.74) is 3.04. The second-order valence-electron chi connectivity index (χ2n) is 7.95. The van der Waals surface area contributed by atoms with E-state index in [-0.39, 0.29) is 18.0 Å². The van der Waals surface area contributed by atoms with Gasteiger partial charge in [0.2, 0.25) is 11.8 Å². The predicted molar refractivity (Wildman–Crippen MR) is 124 cm³/mol. The molecule has 1 fully saturated rings. The van der Waals surface area contributed by atoms with Crippen molar-refractivity contribution in [3.63, 3.8) is 0 Å². The maximum atomic E-state index is 13.3. The van der Waals surface area contributed by atoms with Gasteiger partial charge in [-0.05, 0) is 35.4 Å². The fraction of sp³-hybridized carbons (Fsp3) is 0.240. The highest BCUT2D eigenvalue weighted by Gasteiger charge is 2.30. The Hall–Kier alpha value is -3.45. The molecule has 1 unspecified atom stereocenters. The molecular weight excluding hydrogens is 420 g/mol. The van der Waals surface area contributed by atoms with Gasteiger partial charge in [-0.2, -0.15) is 11.3 Å². The molecule has 7 heteroatoms. The predicted octanol–water partition coefficient (Wildman–Crippen LogP) is 5.48. The number of urea groups is 1. The summed E-state index contributed by atoms with van der Waals surface area (Å²) in [5.74, 6) is 1.18. The first-order chi connectivity index (χ1) is 15.8. The highest BCUT2D eigenvalue weighted by Crippen LogP contribution is 2.30. The smallest absolute Gasteiger partial charge is 0.318 e. The minimum atomic E-state index is -0.209. The molecule has 1 atom stereocenters. The summed E-state index contributed by atoms with van der Waals surface area (Å²) in [4.78, 5) is 15.1. The molecule has 1 saturated heterocycles. The molecule has 5 rings (SSSR count). The zero-order valence-corrected chi connectivity index (χ0v) is 18.4. The van der Waals surface area contributed by atoms with E-state index < -0.39 is 0 Å². The molecule has 0 aliphatic carbocycles. The van der Waals surface area contributed by atoms with Gasteiger partial charge in [-0.1, -0.05) is 60.7 Å². The number of piperidine rings is 1. The molecule has 0 spiro atoms. The summed E-state index contributed by atoms with van der Waals surface area (Å²) in [7, 11) is 0. The monoisotopic (exact) mass is 444 g/mol. The largest absolute Gasteiger partial charge is 0.420 e. The van der Waals surface area contributed by atoms with E-state index in [1.165, 1.54) is 0 Å². The van der Waals surface area contributed by atoms with Crippen molar-refractivity contribution in [3.8, 4) is 11.5 Å². The number of amides is 2. The van der Waals surface area contributed by atoms with Gasteiger partial charge in [0.25, 0.3) is 0 Å². The van der Waals surface area contributed by atoms with Crippen molar-refractivity contribution in [1.29, 1.82) is 0 Å². The molecule has 162 valence electrons. The van der Waals surface area contributed by atoms with Gasteiger partial charge in [-0.15, -0.1) is 10.2 Å². The first-order valence-corrected chi connectivity index (χ1v) is 11.7. The first kappa shape index (κ1) is 20.5. The standard InChI is InChI=1S/C25H24N4O2S/c30-25(26-22(18-8-3-1-4-9-18)19-10-5-2-6-11-19)29-14-7-12-20(16-29)23-27-28-24(31-23)21-13-15-32-17-21/h1-6,8-11,13,15,17,20,22H,7,12,14,16H2,(H,26,30). The number of nitrogens with one attached hydrogen (secondary N) is 1. The van der Waals surface area contributed by atoms with E-state index in [9.17, 15) is 4.79 Å². The molecule has 1 aliphatic rings. The van der Waals surface area contributed by atoms with Crippen LogP contribution in [0.1, 0.15) is 41.8 Å². The third-order valence-corrected chi connectivity index (χ3v) is 6.48. The molecule has 0 bridgehead atoms. The van der Waals surface area contributed by atoms with Crippen LogP contribution in [-0.4, -0.2) is 34.2 Å². The van der Waals surface area contributed by atoms with Crippen molar-refractivity contribution in [2.45, 2.75) is 24.8 Å². The van der Waals surface area contributed by atoms with Crippen LogP contribution < -0.4 is 5.32 Å². The number of likely N-dealkylation sites (tertiary alicyclic amines) is 1. The number of rotatable bonds is 5. The first-order valence-electron chi connectivity index (χ1n) is 10.8. The highest BCUT2D eigenvalue weighted by atomic mass is 32.1. The normalized spacial score (nSPS) is 16.3. The van der Waals surface area contributed by atoms with Crippen molar-refractivity contribution in [2.24, 2.45) is 0 Å². The zero-order valence-electron chi connectivity index (χ0n) is 17.6. The number of thiophene rings is 1. The van der Waals surface area contributed by atoms with Gasteiger partial charge in [-0.3, -0.25) is 0 Å². The molecule has 4 aromatic rings. The third-order valence-electron chi connectivity index (χ3n) is 5.80. The van der Waals surface area contributed by atoms with Gasteiger partial charge in [0, 0.05) is 24.0 Å². The molecule has 2 aromatic heterocycles. The van der Waals surface area contributed by atoms with Crippen LogP contribution >= 0.6 is 11.3 Å². The number of carbonyl (C=O) groups is 1. The fourth-order valence-corrected chi connectivity index (χ4v) is 4.76. The van der Waals surface area contributed by atoms with Crippen molar-refractivity contribution in [2.75, 3.05) is 13.1 Å². The summed E-state index contributed by atoms with van der Waals surface area (Å²) < 4.78 is 5.94. The van der Waals surface area contributed by atoms with Crippen molar-refractivity contribution in [3.05, 3.63) is 94.5 Å². The SMILES string of the molecule is O=C(NC(c1ccccc1)c1ccccc1)N1CCCC(c2nnc(-c3ccsc3)o2)C1. The highest BCUT2D eigenvalue weighted by molar-refractivity contribution is 7.08. The molecule has 0 radical (unpaired) electrons. The molecule has 0 saturated carbocycles. The third kappa shape index (κ3) is 4.43. The van der Waals surface area contributed by atoms with E-state index in [4.69, 9.17) is 4.42 Å². The lowest BCUT2D eigenvalue weighted by Gasteiger charge is -2.32. The summed E-state index contributed by atoms with van der Waals surface area (Å²) in [6.07, 6.45) is 1.82. The number of hydrogen-bond acceptors (Lipinski definition) is 5. The number of nitrogens with zero attached hydrogens (tertiary/aromatic N) is 3. The molecule has 1 N–H and O–H groups in total. The average molecular weight is 445 g/mol. The molecule has 2 amide bonds. The van der Waals surface area contributed by atoms with E-state index in [0.29, 0.717) is 24.9 Å². The number of carbonyl (C=O) groups excluding carboxylic acids is 1. The molecule has 6 nitrogen and oxygen atoms in total.